The minimum Gasteiger partial charge on any atom is -0.507 e. The summed E-state index contributed by atoms with van der Waals surface area (Å²) in [6.45, 7) is 1.80. The van der Waals surface area contributed by atoms with Crippen molar-refractivity contribution in [1.82, 2.24) is 0 Å². The summed E-state index contributed by atoms with van der Waals surface area (Å²) in [7, 11) is 0.209. The number of phenolic OH excluding ortho intramolecular Hbond substituents is 3. The van der Waals surface area contributed by atoms with Crippen molar-refractivity contribution in [3.8, 4) is 17.2 Å². The second kappa shape index (κ2) is 10.5. The highest BCUT2D eigenvalue weighted by Crippen LogP contribution is 2.59. The maximum Gasteiger partial charge on any atom is 0.494 e. The van der Waals surface area contributed by atoms with Gasteiger partial charge >= 0.3 is 19.1 Å². The molecule has 3 aromatic rings. The molecule has 0 amide bonds. The molecule has 3 aliphatic rings. The van der Waals surface area contributed by atoms with E-state index in [1.165, 1.54) is 25.3 Å². The quantitative estimate of drug-likeness (QED) is 0.173. The monoisotopic (exact) mass is 586 g/mol. The summed E-state index contributed by atoms with van der Waals surface area (Å²) in [5.41, 5.74) is -2.25. The molecule has 220 valence electrons. The van der Waals surface area contributed by atoms with Crippen LogP contribution in [0, 0.1) is 0 Å². The number of rotatable bonds is 6. The number of esters is 2. The summed E-state index contributed by atoms with van der Waals surface area (Å²) in [6, 6.07) is 12.9. The molecule has 6 rings (SSSR count). The largest absolute Gasteiger partial charge is 0.507 e. The normalized spacial score (nSPS) is 21.9. The second-order valence-electron chi connectivity index (χ2n) is 10.7. The third-order valence-electron chi connectivity index (χ3n) is 8.40. The summed E-state index contributed by atoms with van der Waals surface area (Å²) >= 11 is 0. The van der Waals surface area contributed by atoms with Crippen molar-refractivity contribution in [2.75, 3.05) is 7.11 Å². The number of carbonyl (C=O) groups is 4. The lowest BCUT2D eigenvalue weighted by atomic mass is 9.65. The van der Waals surface area contributed by atoms with E-state index in [4.69, 9.17) is 14.0 Å². The Bertz CT molecular complexity index is 1680. The number of aromatic hydroxyl groups is 3. The zero-order valence-corrected chi connectivity index (χ0v) is 23.3. The Balaban J connectivity index is 1.56. The number of ether oxygens (including phenoxy) is 2. The average Bonchev–Trinajstić information content (AvgIpc) is 3.01. The standard InChI is InChI=1S/C31H27BO11/c1-3-31-14-18(42-32(43-31)15-8-5-4-6-9-15)22-25(30(31)41-20(35)13-12-19(34)40-2)29(39)23-24(28(22)38)27(37)21-16(26(23)36)10-7-11-17(21)33/h4-11,18,30,33,38-39H,3,12-14H2,1-2H3/t18-,30+,31+/m0/s1. The lowest BCUT2D eigenvalue weighted by Crippen LogP contribution is -2.58. The molecule has 0 saturated carbocycles. The van der Waals surface area contributed by atoms with Gasteiger partial charge in [0.05, 0.1) is 48.3 Å². The number of methoxy groups -OCH3 is 1. The molecule has 43 heavy (non-hydrogen) atoms. The predicted molar refractivity (Wildman–Crippen MR) is 149 cm³/mol. The van der Waals surface area contributed by atoms with Crippen LogP contribution in [0.25, 0.3) is 0 Å². The van der Waals surface area contributed by atoms with Crippen molar-refractivity contribution in [3.63, 3.8) is 0 Å². The highest BCUT2D eigenvalue weighted by atomic mass is 16.6. The minimum atomic E-state index is -1.37. The van der Waals surface area contributed by atoms with Gasteiger partial charge in [-0.1, -0.05) is 49.4 Å². The van der Waals surface area contributed by atoms with Crippen LogP contribution < -0.4 is 5.46 Å². The van der Waals surface area contributed by atoms with E-state index < -0.39 is 76.8 Å². The van der Waals surface area contributed by atoms with E-state index in [9.17, 15) is 34.5 Å². The Kier molecular flexibility index (Phi) is 6.98. The summed E-state index contributed by atoms with van der Waals surface area (Å²) in [6.07, 6.45) is -2.61. The molecule has 3 atom stereocenters. The van der Waals surface area contributed by atoms with Crippen molar-refractivity contribution >= 4 is 36.1 Å². The first kappa shape index (κ1) is 28.4. The zero-order chi connectivity index (χ0) is 30.6. The maximum absolute atomic E-state index is 13.7. The topological polar surface area (TPSA) is 166 Å². The second-order valence-corrected chi connectivity index (χ2v) is 10.7. The van der Waals surface area contributed by atoms with Gasteiger partial charge in [-0.3, -0.25) is 19.2 Å². The van der Waals surface area contributed by atoms with Gasteiger partial charge in [0.15, 0.2) is 11.9 Å². The number of hydrogen-bond acceptors (Lipinski definition) is 11. The summed E-state index contributed by atoms with van der Waals surface area (Å²) in [4.78, 5) is 52.2. The third-order valence-corrected chi connectivity index (χ3v) is 8.40. The van der Waals surface area contributed by atoms with Crippen LogP contribution in [0.1, 0.15) is 87.8 Å². The number of hydrogen-bond donors (Lipinski definition) is 3. The van der Waals surface area contributed by atoms with Crippen molar-refractivity contribution in [1.29, 1.82) is 0 Å². The Hall–Kier alpha value is -4.68. The molecular formula is C31H27BO11. The van der Waals surface area contributed by atoms with Crippen molar-refractivity contribution < 1.29 is 53.3 Å². The lowest BCUT2D eigenvalue weighted by Gasteiger charge is -2.52. The molecule has 2 bridgehead atoms. The van der Waals surface area contributed by atoms with Crippen LogP contribution in [-0.2, 0) is 28.4 Å². The molecule has 11 nitrogen and oxygen atoms in total. The first-order valence-electron chi connectivity index (χ1n) is 13.8. The molecule has 1 saturated heterocycles. The number of carbonyl (C=O) groups excluding carboxylic acids is 4. The molecular weight excluding hydrogens is 559 g/mol. The van der Waals surface area contributed by atoms with Gasteiger partial charge < -0.3 is 34.1 Å². The van der Waals surface area contributed by atoms with Crippen LogP contribution in [0.4, 0.5) is 0 Å². The molecule has 2 aliphatic carbocycles. The van der Waals surface area contributed by atoms with Crippen LogP contribution in [0.3, 0.4) is 0 Å². The summed E-state index contributed by atoms with van der Waals surface area (Å²) in [5.74, 6) is -4.86. The van der Waals surface area contributed by atoms with Gasteiger partial charge in [-0.15, -0.1) is 0 Å². The van der Waals surface area contributed by atoms with Gasteiger partial charge in [0.1, 0.15) is 17.2 Å². The van der Waals surface area contributed by atoms with Crippen molar-refractivity contribution in [2.45, 2.75) is 50.4 Å². The average molecular weight is 586 g/mol. The first-order valence-corrected chi connectivity index (χ1v) is 13.8. The van der Waals surface area contributed by atoms with Gasteiger partial charge in [-0.25, -0.2) is 0 Å². The van der Waals surface area contributed by atoms with Crippen LogP contribution in [-0.4, -0.2) is 58.7 Å². The Morgan fingerprint density at radius 3 is 2.28 bits per heavy atom. The zero-order valence-electron chi connectivity index (χ0n) is 23.3. The van der Waals surface area contributed by atoms with Crippen molar-refractivity contribution in [3.05, 3.63) is 81.9 Å². The van der Waals surface area contributed by atoms with Crippen LogP contribution in [0.2, 0.25) is 0 Å². The molecule has 0 spiro atoms. The van der Waals surface area contributed by atoms with Crippen molar-refractivity contribution in [2.24, 2.45) is 0 Å². The first-order chi connectivity index (χ1) is 20.6. The number of ketones is 2. The highest BCUT2D eigenvalue weighted by molar-refractivity contribution is 6.61. The highest BCUT2D eigenvalue weighted by Gasteiger charge is 2.58. The molecule has 0 aromatic heterocycles. The molecule has 1 aliphatic heterocycles. The SMILES string of the molecule is CC[C@]12C[C@H](OB(c3ccccc3)O1)c1c(O)c3c(c(O)c1[C@H]2OC(=O)CCC(=O)OC)C(=O)c1cccc(O)c1C3=O. The molecule has 1 fully saturated rings. The number of fused-ring (bicyclic) bond motifs is 6. The van der Waals surface area contributed by atoms with E-state index in [1.807, 2.05) is 6.07 Å². The van der Waals surface area contributed by atoms with E-state index in [2.05, 4.69) is 4.74 Å². The Morgan fingerprint density at radius 1 is 0.907 bits per heavy atom. The smallest absolute Gasteiger partial charge is 0.494 e. The lowest BCUT2D eigenvalue weighted by molar-refractivity contribution is -0.182. The molecule has 0 unspecified atom stereocenters. The molecule has 3 N–H and O–H groups in total. The van der Waals surface area contributed by atoms with Crippen LogP contribution in [0.15, 0.2) is 48.5 Å². The van der Waals surface area contributed by atoms with E-state index in [0.717, 1.165) is 0 Å². The minimum absolute atomic E-state index is 0.0321. The predicted octanol–water partition coefficient (Wildman–Crippen LogP) is 3.15. The maximum atomic E-state index is 13.7. The Morgan fingerprint density at radius 2 is 1.58 bits per heavy atom. The number of benzene rings is 3. The van der Waals surface area contributed by atoms with Gasteiger partial charge in [-0.05, 0) is 17.9 Å². The molecule has 1 heterocycles. The van der Waals surface area contributed by atoms with Gasteiger partial charge in [-0.2, -0.15) is 0 Å². The van der Waals surface area contributed by atoms with Gasteiger partial charge in [0, 0.05) is 23.1 Å². The molecule has 0 radical (unpaired) electrons. The number of phenols is 3. The summed E-state index contributed by atoms with van der Waals surface area (Å²) < 4.78 is 23.3. The fraction of sp³-hybridized carbons (Fsp3) is 0.290. The van der Waals surface area contributed by atoms with E-state index in [-0.39, 0.29) is 47.9 Å². The molecule has 12 heteroatoms. The fourth-order valence-electron chi connectivity index (χ4n) is 6.26. The van der Waals surface area contributed by atoms with E-state index in [1.54, 1.807) is 31.2 Å². The van der Waals surface area contributed by atoms with Gasteiger partial charge in [0.25, 0.3) is 0 Å². The van der Waals surface area contributed by atoms with Gasteiger partial charge in [0.2, 0.25) is 5.78 Å². The van der Waals surface area contributed by atoms with E-state index in [0.29, 0.717) is 5.46 Å². The Labute approximate surface area is 246 Å². The van der Waals surface area contributed by atoms with Crippen LogP contribution in [0.5, 0.6) is 17.2 Å². The summed E-state index contributed by atoms with van der Waals surface area (Å²) in [5, 5.41) is 33.9. The fourth-order valence-corrected chi connectivity index (χ4v) is 6.26. The van der Waals surface area contributed by atoms with E-state index >= 15 is 0 Å². The van der Waals surface area contributed by atoms with Crippen LogP contribution >= 0.6 is 0 Å². The third kappa shape index (κ3) is 4.36. The molecule has 3 aromatic carbocycles.